The number of nitrogens with two attached hydrogens (primary N) is 1. The van der Waals surface area contributed by atoms with Crippen LogP contribution in [0.3, 0.4) is 0 Å². The Morgan fingerprint density at radius 1 is 1.28 bits per heavy atom. The molecule has 0 aliphatic heterocycles. The fraction of sp³-hybridized carbons (Fsp3) is 0.0769. The van der Waals surface area contributed by atoms with E-state index < -0.39 is 0 Å². The minimum Gasteiger partial charge on any atom is -0.505 e. The number of hydrogen-bond donors (Lipinski definition) is 2. The van der Waals surface area contributed by atoms with Gasteiger partial charge >= 0.3 is 0 Å². The lowest BCUT2D eigenvalue weighted by atomic mass is 10.1. The molecule has 1 aromatic carbocycles. The van der Waals surface area contributed by atoms with Gasteiger partial charge in [0.2, 0.25) is 0 Å². The molecule has 3 N–H and O–H groups in total. The highest BCUT2D eigenvalue weighted by Gasteiger charge is 2.18. The number of nitrogens with zero attached hydrogens (tertiary/aromatic N) is 2. The van der Waals surface area contributed by atoms with Gasteiger partial charge in [0, 0.05) is 25.1 Å². The smallest absolute Gasteiger partial charge is 0.261 e. The van der Waals surface area contributed by atoms with Crippen molar-refractivity contribution in [1.82, 2.24) is 4.98 Å². The first kappa shape index (κ1) is 11.9. The molecule has 5 nitrogen and oxygen atoms in total. The number of aromatic hydroxyl groups is 1. The van der Waals surface area contributed by atoms with Crippen molar-refractivity contribution in [3.8, 4) is 5.75 Å². The molecule has 0 aliphatic carbocycles. The molecule has 0 bridgehead atoms. The topological polar surface area (TPSA) is 79.5 Å². The van der Waals surface area contributed by atoms with Crippen molar-refractivity contribution in [2.75, 3.05) is 17.7 Å². The number of phenolic OH excluding ortho intramolecular Hbond substituents is 1. The predicted molar refractivity (Wildman–Crippen MR) is 69.5 cm³/mol. The van der Waals surface area contributed by atoms with Crippen LogP contribution in [0.1, 0.15) is 10.4 Å². The van der Waals surface area contributed by atoms with Gasteiger partial charge < -0.3 is 15.7 Å². The third-order valence-corrected chi connectivity index (χ3v) is 2.65. The van der Waals surface area contributed by atoms with Crippen molar-refractivity contribution >= 4 is 17.3 Å². The van der Waals surface area contributed by atoms with Crippen molar-refractivity contribution in [2.24, 2.45) is 0 Å². The minimum absolute atomic E-state index is 0.175. The number of carbonyl (C=O) groups excluding carboxylic acids is 1. The number of amides is 1. The number of carbonyl (C=O) groups is 1. The zero-order valence-corrected chi connectivity index (χ0v) is 9.87. The molecule has 0 saturated heterocycles. The van der Waals surface area contributed by atoms with Gasteiger partial charge in [-0.2, -0.15) is 0 Å². The molecule has 1 amide bonds. The number of phenols is 1. The van der Waals surface area contributed by atoms with E-state index in [2.05, 4.69) is 4.98 Å². The summed E-state index contributed by atoms with van der Waals surface area (Å²) in [5.74, 6) is -0.519. The normalized spacial score (nSPS) is 10.1. The molecule has 0 saturated carbocycles. The molecular formula is C13H13N3O2. The van der Waals surface area contributed by atoms with Crippen LogP contribution in [0.2, 0.25) is 0 Å². The number of benzene rings is 1. The third kappa shape index (κ3) is 2.10. The van der Waals surface area contributed by atoms with Crippen LogP contribution in [-0.4, -0.2) is 23.0 Å². The summed E-state index contributed by atoms with van der Waals surface area (Å²) in [7, 11) is 1.63. The molecule has 0 radical (unpaired) electrons. The Kier molecular flexibility index (Phi) is 3.14. The average Bonchev–Trinajstić information content (AvgIpc) is 2.41. The van der Waals surface area contributed by atoms with Crippen LogP contribution in [-0.2, 0) is 0 Å². The monoisotopic (exact) mass is 243 g/mol. The van der Waals surface area contributed by atoms with Gasteiger partial charge in [0.05, 0.1) is 11.3 Å². The zero-order valence-electron chi connectivity index (χ0n) is 9.87. The van der Waals surface area contributed by atoms with Crippen molar-refractivity contribution in [2.45, 2.75) is 0 Å². The minimum atomic E-state index is -0.328. The highest BCUT2D eigenvalue weighted by molar-refractivity contribution is 6.08. The van der Waals surface area contributed by atoms with Gasteiger partial charge in [-0.25, -0.2) is 0 Å². The largest absolute Gasteiger partial charge is 0.505 e. The SMILES string of the molecule is CN(C(=O)c1cccc(N)c1O)c1ccncc1. The fourth-order valence-corrected chi connectivity index (χ4v) is 1.60. The molecular weight excluding hydrogens is 230 g/mol. The molecule has 0 spiro atoms. The van der Waals surface area contributed by atoms with Gasteiger partial charge in [-0.1, -0.05) is 6.07 Å². The van der Waals surface area contributed by atoms with E-state index in [0.29, 0.717) is 5.69 Å². The first-order valence-electron chi connectivity index (χ1n) is 5.37. The van der Waals surface area contributed by atoms with Crippen molar-refractivity contribution in [3.05, 3.63) is 48.3 Å². The summed E-state index contributed by atoms with van der Waals surface area (Å²) in [5, 5.41) is 9.78. The maximum atomic E-state index is 12.2. The van der Waals surface area contributed by atoms with Crippen molar-refractivity contribution in [1.29, 1.82) is 0 Å². The molecule has 2 aromatic rings. The van der Waals surface area contributed by atoms with E-state index in [9.17, 15) is 9.90 Å². The van der Waals surface area contributed by atoms with Crippen molar-refractivity contribution in [3.63, 3.8) is 0 Å². The molecule has 5 heteroatoms. The lowest BCUT2D eigenvalue weighted by Gasteiger charge is -2.18. The summed E-state index contributed by atoms with van der Waals surface area (Å²) < 4.78 is 0. The maximum Gasteiger partial charge on any atom is 0.261 e. The molecule has 1 heterocycles. The molecule has 0 unspecified atom stereocenters. The van der Waals surface area contributed by atoms with Gasteiger partial charge in [0.25, 0.3) is 5.91 Å². The highest BCUT2D eigenvalue weighted by atomic mass is 16.3. The summed E-state index contributed by atoms with van der Waals surface area (Å²) in [6.07, 6.45) is 3.19. The van der Waals surface area contributed by atoms with Gasteiger partial charge in [-0.3, -0.25) is 9.78 Å². The lowest BCUT2D eigenvalue weighted by Crippen LogP contribution is -2.26. The second-order valence-electron chi connectivity index (χ2n) is 3.81. The van der Waals surface area contributed by atoms with Gasteiger partial charge in [-0.05, 0) is 24.3 Å². The average molecular weight is 243 g/mol. The summed E-state index contributed by atoms with van der Waals surface area (Å²) in [5.41, 5.74) is 6.62. The number of pyridine rings is 1. The predicted octanol–water partition coefficient (Wildman–Crippen LogP) is 1.65. The van der Waals surface area contributed by atoms with E-state index in [0.717, 1.165) is 0 Å². The molecule has 1 aromatic heterocycles. The summed E-state index contributed by atoms with van der Waals surface area (Å²) in [6.45, 7) is 0. The van der Waals surface area contributed by atoms with E-state index >= 15 is 0 Å². The molecule has 92 valence electrons. The van der Waals surface area contributed by atoms with Crippen LogP contribution in [0, 0.1) is 0 Å². The van der Waals surface area contributed by atoms with Crippen LogP contribution >= 0.6 is 0 Å². The number of aromatic nitrogens is 1. The second-order valence-corrected chi connectivity index (χ2v) is 3.81. The Morgan fingerprint density at radius 3 is 2.61 bits per heavy atom. The van der Waals surface area contributed by atoms with E-state index in [1.807, 2.05) is 0 Å². The lowest BCUT2D eigenvalue weighted by molar-refractivity contribution is 0.0990. The van der Waals surface area contributed by atoms with Gasteiger partial charge in [0.15, 0.2) is 5.75 Å². The van der Waals surface area contributed by atoms with Crippen LogP contribution < -0.4 is 10.6 Å². The van der Waals surface area contributed by atoms with Crippen LogP contribution in [0.5, 0.6) is 5.75 Å². The molecule has 2 rings (SSSR count). The zero-order chi connectivity index (χ0) is 13.1. The first-order valence-corrected chi connectivity index (χ1v) is 5.37. The molecule has 0 atom stereocenters. The summed E-state index contributed by atoms with van der Waals surface area (Å²) >= 11 is 0. The summed E-state index contributed by atoms with van der Waals surface area (Å²) in [4.78, 5) is 17.5. The van der Waals surface area contributed by atoms with Gasteiger partial charge in [-0.15, -0.1) is 0 Å². The summed E-state index contributed by atoms with van der Waals surface area (Å²) in [6, 6.07) is 8.12. The quantitative estimate of drug-likeness (QED) is 0.620. The Bertz CT molecular complexity index is 570. The van der Waals surface area contributed by atoms with E-state index in [4.69, 9.17) is 5.73 Å². The highest BCUT2D eigenvalue weighted by Crippen LogP contribution is 2.26. The molecule has 0 fully saturated rings. The number of para-hydroxylation sites is 1. The van der Waals surface area contributed by atoms with E-state index in [1.54, 1.807) is 43.7 Å². The Labute approximate surface area is 104 Å². The van der Waals surface area contributed by atoms with E-state index in [1.165, 1.54) is 11.0 Å². The third-order valence-electron chi connectivity index (χ3n) is 2.65. The number of anilines is 2. The van der Waals surface area contributed by atoms with Crippen LogP contribution in [0.15, 0.2) is 42.7 Å². The first-order chi connectivity index (χ1) is 8.61. The van der Waals surface area contributed by atoms with E-state index in [-0.39, 0.29) is 22.9 Å². The van der Waals surface area contributed by atoms with Crippen LogP contribution in [0.25, 0.3) is 0 Å². The Hall–Kier alpha value is -2.56. The maximum absolute atomic E-state index is 12.2. The number of nitrogen functional groups attached to an aromatic ring is 1. The van der Waals surface area contributed by atoms with Gasteiger partial charge in [0.1, 0.15) is 0 Å². The molecule has 0 aliphatic rings. The Balaban J connectivity index is 2.35. The number of rotatable bonds is 2. The standard InChI is InChI=1S/C13H13N3O2/c1-16(9-5-7-15-8-6-9)13(18)10-3-2-4-11(14)12(10)17/h2-8,17H,14H2,1H3. The fourth-order valence-electron chi connectivity index (χ4n) is 1.60. The Morgan fingerprint density at radius 2 is 1.94 bits per heavy atom. The second kappa shape index (κ2) is 4.75. The number of hydrogen-bond acceptors (Lipinski definition) is 4. The molecule has 18 heavy (non-hydrogen) atoms. The van der Waals surface area contributed by atoms with Crippen LogP contribution in [0.4, 0.5) is 11.4 Å². The van der Waals surface area contributed by atoms with Crippen molar-refractivity contribution < 1.29 is 9.90 Å².